The average Bonchev–Trinajstić information content (AvgIpc) is 3.26. The maximum absolute atomic E-state index is 10.6. The molecule has 0 heterocycles. The van der Waals surface area contributed by atoms with Gasteiger partial charge in [0, 0.05) is 6.42 Å². The fraction of sp³-hybridized carbons (Fsp3) is 0.945. The highest BCUT2D eigenvalue weighted by Gasteiger charge is 2.11. The zero-order valence-electron chi connectivity index (χ0n) is 43.1. The maximum Gasteiger partial charge on any atom is 0.303 e. The van der Waals surface area contributed by atoms with Crippen LogP contribution in [0.3, 0.4) is 0 Å². The molecule has 7 heteroatoms. The predicted molar refractivity (Wildman–Crippen MR) is 272 cm³/mol. The number of unbranched alkanes of at least 4 members (excludes halogenated alkanes) is 22. The Morgan fingerprint density at radius 1 is 0.387 bits per heavy atom. The van der Waals surface area contributed by atoms with Gasteiger partial charge in [-0.05, 0) is 56.7 Å². The molecule has 1 unspecified atom stereocenters. The minimum Gasteiger partial charge on any atom is -0.483 e. The van der Waals surface area contributed by atoms with Gasteiger partial charge in [0.15, 0.2) is 0 Å². The van der Waals surface area contributed by atoms with Crippen LogP contribution in [0.5, 0.6) is 0 Å². The second kappa shape index (κ2) is 61.5. The van der Waals surface area contributed by atoms with E-state index in [0.29, 0.717) is 6.42 Å². The molecule has 0 aliphatic carbocycles. The Kier molecular flexibility index (Phi) is 66.4. The Morgan fingerprint density at radius 3 is 0.887 bits per heavy atom. The molecule has 0 aliphatic heterocycles. The molecule has 0 rings (SSSR count). The van der Waals surface area contributed by atoms with E-state index in [1.54, 1.807) is 0 Å². The fourth-order valence-electron chi connectivity index (χ4n) is 8.99. The van der Waals surface area contributed by atoms with Gasteiger partial charge in [0.1, 0.15) is 0 Å². The number of hydrogen-bond donors (Lipinski definition) is 3. The molecule has 0 radical (unpaired) electrons. The monoisotopic (exact) mass is 884 g/mol. The predicted octanol–water partition coefficient (Wildman–Crippen LogP) is 18.0. The van der Waals surface area contributed by atoms with Gasteiger partial charge in [0.2, 0.25) is 0 Å². The number of carbonyl (C=O) groups is 3. The van der Waals surface area contributed by atoms with Crippen LogP contribution in [0.1, 0.15) is 299 Å². The third kappa shape index (κ3) is 60.5. The molecule has 0 amide bonds. The summed E-state index contributed by atoms with van der Waals surface area (Å²) in [4.78, 5) is 29.9. The molecular formula is C55H113NO6. The second-order valence-corrected chi connectivity index (χ2v) is 18.5. The molecular weight excluding hydrogens is 771 g/mol. The molecule has 7 nitrogen and oxygen atoms in total. The van der Waals surface area contributed by atoms with Crippen molar-refractivity contribution >= 4 is 18.9 Å². The van der Waals surface area contributed by atoms with Crippen molar-refractivity contribution in [1.29, 1.82) is 0 Å². The lowest BCUT2D eigenvalue weighted by Gasteiger charge is -2.21. The zero-order valence-corrected chi connectivity index (χ0v) is 43.1. The van der Waals surface area contributed by atoms with Gasteiger partial charge in [-0.3, -0.25) is 14.4 Å². The fourth-order valence-corrected chi connectivity index (χ4v) is 8.99. The molecule has 1 atom stereocenters. The van der Waals surface area contributed by atoms with Crippen molar-refractivity contribution in [2.24, 2.45) is 17.8 Å². The van der Waals surface area contributed by atoms with E-state index in [2.05, 4.69) is 53.4 Å². The molecule has 0 saturated carbocycles. The van der Waals surface area contributed by atoms with Gasteiger partial charge >= 0.3 is 5.97 Å². The number of hydrogen-bond acceptors (Lipinski definition) is 4. The van der Waals surface area contributed by atoms with Crippen LogP contribution in [0.15, 0.2) is 0 Å². The number of carboxylic acids is 1. The minimum absolute atomic E-state index is 0.250. The lowest BCUT2D eigenvalue weighted by atomic mass is 9.89. The zero-order chi connectivity index (χ0) is 47.0. The van der Waals surface area contributed by atoms with Crippen LogP contribution in [0.4, 0.5) is 0 Å². The van der Waals surface area contributed by atoms with Gasteiger partial charge in [0.25, 0.3) is 12.9 Å². The summed E-state index contributed by atoms with van der Waals surface area (Å²) in [6, 6.07) is 0. The SMILES string of the molecule is CCCCCC(CC)CCCCC.CCCCCC(CCCCC)CCCCCCCCCCCC(CCCCCCCCCC(=O)O)CCCN(CC)CC.O=CO.O=CO. The summed E-state index contributed by atoms with van der Waals surface area (Å²) in [7, 11) is 0. The maximum atomic E-state index is 10.6. The van der Waals surface area contributed by atoms with Crippen molar-refractivity contribution < 1.29 is 29.7 Å². The Bertz CT molecular complexity index is 796. The van der Waals surface area contributed by atoms with Crippen LogP contribution in [0, 0.1) is 17.8 Å². The largest absolute Gasteiger partial charge is 0.483 e. The Labute approximate surface area is 388 Å². The molecule has 3 N–H and O–H groups in total. The number of carboxylic acid groups (broad SMARTS) is 3. The first-order valence-corrected chi connectivity index (χ1v) is 27.3. The molecule has 0 saturated heterocycles. The molecule has 0 aromatic rings. The summed E-state index contributed by atoms with van der Waals surface area (Å²) in [5, 5.41) is 22.5. The highest BCUT2D eigenvalue weighted by atomic mass is 16.4. The van der Waals surface area contributed by atoms with Gasteiger partial charge in [-0.1, -0.05) is 273 Å². The van der Waals surface area contributed by atoms with E-state index >= 15 is 0 Å². The highest BCUT2D eigenvalue weighted by Crippen LogP contribution is 2.26. The van der Waals surface area contributed by atoms with Crippen molar-refractivity contribution in [3.05, 3.63) is 0 Å². The Morgan fingerprint density at radius 2 is 0.629 bits per heavy atom. The summed E-state index contributed by atoms with van der Waals surface area (Å²) < 4.78 is 0. The van der Waals surface area contributed by atoms with Crippen LogP contribution in [0.2, 0.25) is 0 Å². The van der Waals surface area contributed by atoms with E-state index in [0.717, 1.165) is 30.6 Å². The smallest absolute Gasteiger partial charge is 0.303 e. The van der Waals surface area contributed by atoms with Gasteiger partial charge < -0.3 is 20.2 Å². The number of nitrogens with zero attached hydrogens (tertiary/aromatic N) is 1. The second-order valence-electron chi connectivity index (χ2n) is 18.5. The lowest BCUT2D eigenvalue weighted by molar-refractivity contribution is -0.137. The van der Waals surface area contributed by atoms with Crippen LogP contribution < -0.4 is 0 Å². The first kappa shape index (κ1) is 67.0. The minimum atomic E-state index is -0.646. The molecule has 62 heavy (non-hydrogen) atoms. The van der Waals surface area contributed by atoms with E-state index in [9.17, 15) is 4.79 Å². The number of rotatable bonds is 45. The van der Waals surface area contributed by atoms with Gasteiger partial charge in [-0.15, -0.1) is 0 Å². The van der Waals surface area contributed by atoms with Crippen molar-refractivity contribution in [2.45, 2.75) is 299 Å². The molecule has 0 fully saturated rings. The normalized spacial score (nSPS) is 11.4. The van der Waals surface area contributed by atoms with Crippen LogP contribution in [0.25, 0.3) is 0 Å². The Balaban J connectivity index is -0.000000732. The molecule has 0 aromatic heterocycles. The van der Waals surface area contributed by atoms with Gasteiger partial charge in [-0.2, -0.15) is 0 Å². The van der Waals surface area contributed by atoms with E-state index in [4.69, 9.17) is 24.9 Å². The first-order chi connectivity index (χ1) is 30.2. The summed E-state index contributed by atoms with van der Waals surface area (Å²) >= 11 is 0. The van der Waals surface area contributed by atoms with Crippen LogP contribution >= 0.6 is 0 Å². The standard InChI is InChI=1S/C40H81NO2.C13H28.2CH2O2/c1-5-9-23-30-38(31-24-10-6-2)32-25-19-15-12-11-13-16-20-26-33-39(35-29-37-41(7-3)8-4)34-27-21-17-14-18-22-28-36-40(42)43;1-4-7-9-11-13(6-3)12-10-8-5-2;2*2-1-3/h38-39H,5-37H2,1-4H3,(H,42,43);13H,4-12H2,1-3H3;2*1H,(H,2,3). The molecule has 0 aliphatic rings. The van der Waals surface area contributed by atoms with Gasteiger partial charge in [-0.25, -0.2) is 0 Å². The van der Waals surface area contributed by atoms with E-state index in [1.807, 2.05) is 0 Å². The number of aliphatic carboxylic acids is 1. The third-order valence-electron chi connectivity index (χ3n) is 13.1. The van der Waals surface area contributed by atoms with E-state index < -0.39 is 5.97 Å². The van der Waals surface area contributed by atoms with Crippen molar-refractivity contribution in [3.63, 3.8) is 0 Å². The van der Waals surface area contributed by atoms with Crippen molar-refractivity contribution in [2.75, 3.05) is 19.6 Å². The van der Waals surface area contributed by atoms with Crippen molar-refractivity contribution in [1.82, 2.24) is 4.90 Å². The Hall–Kier alpha value is -1.63. The molecule has 0 spiro atoms. The molecule has 374 valence electrons. The van der Waals surface area contributed by atoms with E-state index in [-0.39, 0.29) is 12.9 Å². The first-order valence-electron chi connectivity index (χ1n) is 27.3. The third-order valence-corrected chi connectivity index (χ3v) is 13.1. The van der Waals surface area contributed by atoms with Crippen molar-refractivity contribution in [3.8, 4) is 0 Å². The topological polar surface area (TPSA) is 115 Å². The summed E-state index contributed by atoms with van der Waals surface area (Å²) in [5.41, 5.74) is 0. The summed E-state index contributed by atoms with van der Waals surface area (Å²) in [5.74, 6) is 2.32. The lowest BCUT2D eigenvalue weighted by Crippen LogP contribution is -2.24. The molecule has 0 bridgehead atoms. The van der Waals surface area contributed by atoms with Crippen LogP contribution in [-0.4, -0.2) is 58.8 Å². The quantitative estimate of drug-likeness (QED) is 0.0412. The highest BCUT2D eigenvalue weighted by molar-refractivity contribution is 5.66. The van der Waals surface area contributed by atoms with Gasteiger partial charge in [0.05, 0.1) is 0 Å². The average molecular weight is 885 g/mol. The van der Waals surface area contributed by atoms with Crippen LogP contribution in [-0.2, 0) is 14.4 Å². The summed E-state index contributed by atoms with van der Waals surface area (Å²) in [6.45, 7) is 19.3. The molecule has 0 aromatic carbocycles. The van der Waals surface area contributed by atoms with E-state index in [1.165, 1.54) is 251 Å². The summed E-state index contributed by atoms with van der Waals surface area (Å²) in [6.07, 6.45) is 53.5.